The first-order chi connectivity index (χ1) is 21.9. The molecule has 0 radical (unpaired) electrons. The topological polar surface area (TPSA) is 156 Å². The fourth-order valence-electron chi connectivity index (χ4n) is 5.35. The number of nitrogen functional groups attached to an aromatic ring is 1. The van der Waals surface area contributed by atoms with Gasteiger partial charge in [-0.05, 0) is 78.6 Å². The van der Waals surface area contributed by atoms with Crippen molar-refractivity contribution in [1.29, 1.82) is 10.7 Å². The van der Waals surface area contributed by atoms with Gasteiger partial charge in [-0.1, -0.05) is 24.3 Å². The van der Waals surface area contributed by atoms with Crippen molar-refractivity contribution in [3.05, 3.63) is 114 Å². The predicted molar refractivity (Wildman–Crippen MR) is 173 cm³/mol. The van der Waals surface area contributed by atoms with Crippen molar-refractivity contribution in [2.75, 3.05) is 24.1 Å². The van der Waals surface area contributed by atoms with Crippen LogP contribution < -0.4 is 11.1 Å². The largest absolute Gasteiger partial charge is 0.383 e. The number of H-pyrrole nitrogens is 1. The number of benzene rings is 2. The SMILES string of the molecule is N#Cc1nccc(NC2CCN(Cc3ccc(-c4nc(/C=C\C(=N)c5ccc(F)cc5)[nH]c4-c4cccnc4N)cc3)CC2)n1. The van der Waals surface area contributed by atoms with Crippen molar-refractivity contribution in [2.24, 2.45) is 0 Å². The normalized spacial score (nSPS) is 14.0. The molecule has 224 valence electrons. The number of nitriles is 1. The van der Waals surface area contributed by atoms with Crippen molar-refractivity contribution in [1.82, 2.24) is 29.8 Å². The molecule has 1 aliphatic heterocycles. The number of anilines is 2. The van der Waals surface area contributed by atoms with E-state index in [0.717, 1.165) is 55.0 Å². The zero-order valence-electron chi connectivity index (χ0n) is 24.4. The van der Waals surface area contributed by atoms with E-state index in [-0.39, 0.29) is 17.4 Å². The summed E-state index contributed by atoms with van der Waals surface area (Å²) >= 11 is 0. The Hall–Kier alpha value is -5.73. The van der Waals surface area contributed by atoms with Gasteiger partial charge < -0.3 is 21.4 Å². The monoisotopic (exact) mass is 598 g/mol. The lowest BCUT2D eigenvalue weighted by atomic mass is 10.0. The number of nitrogens with zero attached hydrogens (tertiary/aromatic N) is 6. The van der Waals surface area contributed by atoms with Gasteiger partial charge in [0.15, 0.2) is 0 Å². The Morgan fingerprint density at radius 3 is 2.56 bits per heavy atom. The number of aromatic amines is 1. The van der Waals surface area contributed by atoms with Crippen LogP contribution in [0.5, 0.6) is 0 Å². The number of piperidine rings is 1. The maximum absolute atomic E-state index is 13.3. The van der Waals surface area contributed by atoms with Crippen LogP contribution >= 0.6 is 0 Å². The molecule has 5 aromatic rings. The number of allylic oxidation sites excluding steroid dienone is 1. The number of nitrogens with two attached hydrogens (primary N) is 1. The van der Waals surface area contributed by atoms with Crippen LogP contribution in [0.4, 0.5) is 16.0 Å². The van der Waals surface area contributed by atoms with E-state index in [0.29, 0.717) is 29.1 Å². The van der Waals surface area contributed by atoms with Crippen molar-refractivity contribution in [3.8, 4) is 28.6 Å². The molecule has 2 aromatic carbocycles. The first kappa shape index (κ1) is 29.3. The minimum atomic E-state index is -0.343. The first-order valence-corrected chi connectivity index (χ1v) is 14.6. The van der Waals surface area contributed by atoms with Crippen LogP contribution in [0.25, 0.3) is 28.6 Å². The standard InChI is InChI=1S/C34H31FN10/c35-25-9-7-23(8-10-25)28(37)11-12-29-43-32(33(44-29)27-2-1-16-40-34(27)38)24-5-3-22(4-6-24)21-45-18-14-26(15-19-45)41-30-13-17-39-31(20-36)42-30/h1-13,16-17,26,37H,14-15,18-19,21H2,(H2,38,40)(H,43,44)(H,39,41,42)/b12-11-,37-28?. The van der Waals surface area contributed by atoms with Gasteiger partial charge >= 0.3 is 0 Å². The van der Waals surface area contributed by atoms with Crippen LogP contribution in [-0.2, 0) is 6.54 Å². The van der Waals surface area contributed by atoms with Crippen LogP contribution in [0.3, 0.4) is 0 Å². The van der Waals surface area contributed by atoms with Gasteiger partial charge in [0.25, 0.3) is 0 Å². The summed E-state index contributed by atoms with van der Waals surface area (Å²) in [6.07, 6.45) is 8.55. The lowest BCUT2D eigenvalue weighted by molar-refractivity contribution is 0.211. The number of rotatable bonds is 9. The Kier molecular flexibility index (Phi) is 8.66. The van der Waals surface area contributed by atoms with Gasteiger partial charge in [0.05, 0.1) is 17.1 Å². The maximum Gasteiger partial charge on any atom is 0.234 e. The molecule has 3 aromatic heterocycles. The molecule has 1 saturated heterocycles. The summed E-state index contributed by atoms with van der Waals surface area (Å²) in [6.45, 7) is 2.73. The molecule has 0 saturated carbocycles. The van der Waals surface area contributed by atoms with Gasteiger partial charge in [-0.15, -0.1) is 0 Å². The lowest BCUT2D eigenvalue weighted by Gasteiger charge is -2.32. The molecule has 6 rings (SSSR count). The van der Waals surface area contributed by atoms with Crippen LogP contribution in [0.1, 0.15) is 35.6 Å². The molecule has 1 fully saturated rings. The van der Waals surface area contributed by atoms with E-state index in [1.165, 1.54) is 17.7 Å². The quantitative estimate of drug-likeness (QED) is 0.158. The first-order valence-electron chi connectivity index (χ1n) is 14.6. The molecular formula is C34H31FN10. The van der Waals surface area contributed by atoms with Gasteiger partial charge in [0, 0.05) is 49.2 Å². The van der Waals surface area contributed by atoms with Crippen molar-refractivity contribution in [3.63, 3.8) is 0 Å². The third kappa shape index (κ3) is 7.09. The lowest BCUT2D eigenvalue weighted by Crippen LogP contribution is -2.38. The van der Waals surface area contributed by atoms with E-state index in [4.69, 9.17) is 21.4 Å². The molecule has 1 aliphatic rings. The molecule has 0 amide bonds. The summed E-state index contributed by atoms with van der Waals surface area (Å²) in [5.74, 6) is 1.45. The Bertz CT molecular complexity index is 1860. The molecule has 0 spiro atoms. The highest BCUT2D eigenvalue weighted by Gasteiger charge is 2.20. The summed E-state index contributed by atoms with van der Waals surface area (Å²) < 4.78 is 13.3. The van der Waals surface area contributed by atoms with E-state index in [1.807, 2.05) is 18.2 Å². The average molecular weight is 599 g/mol. The minimum absolute atomic E-state index is 0.168. The third-order valence-corrected chi connectivity index (χ3v) is 7.72. The molecule has 5 N–H and O–H groups in total. The second-order valence-corrected chi connectivity index (χ2v) is 10.8. The van der Waals surface area contributed by atoms with Crippen LogP contribution in [0, 0.1) is 22.6 Å². The van der Waals surface area contributed by atoms with Crippen molar-refractivity contribution >= 4 is 23.4 Å². The Labute approximate surface area is 260 Å². The number of likely N-dealkylation sites (tertiary alicyclic amines) is 1. The van der Waals surface area contributed by atoms with Gasteiger partial charge in [0.2, 0.25) is 5.82 Å². The van der Waals surface area contributed by atoms with Crippen molar-refractivity contribution in [2.45, 2.75) is 25.4 Å². The zero-order valence-corrected chi connectivity index (χ0v) is 24.4. The second kappa shape index (κ2) is 13.3. The molecule has 4 heterocycles. The molecule has 11 heteroatoms. The van der Waals surface area contributed by atoms with Crippen LogP contribution in [0.2, 0.25) is 0 Å². The molecule has 0 atom stereocenters. The van der Waals surface area contributed by atoms with E-state index in [2.05, 4.69) is 54.4 Å². The summed E-state index contributed by atoms with van der Waals surface area (Å²) in [5.41, 5.74) is 11.4. The fourth-order valence-corrected chi connectivity index (χ4v) is 5.35. The molecular weight excluding hydrogens is 567 g/mol. The third-order valence-electron chi connectivity index (χ3n) is 7.72. The molecule has 0 bridgehead atoms. The zero-order chi connectivity index (χ0) is 31.2. The number of nitrogens with one attached hydrogen (secondary N) is 3. The summed E-state index contributed by atoms with van der Waals surface area (Å²) in [4.78, 5) is 23.1. The number of aromatic nitrogens is 5. The van der Waals surface area contributed by atoms with E-state index in [9.17, 15) is 4.39 Å². The Morgan fingerprint density at radius 2 is 1.82 bits per heavy atom. The Morgan fingerprint density at radius 1 is 1.04 bits per heavy atom. The highest BCUT2D eigenvalue weighted by Crippen LogP contribution is 2.33. The number of halogens is 1. The highest BCUT2D eigenvalue weighted by molar-refractivity contribution is 6.08. The van der Waals surface area contributed by atoms with Gasteiger partial charge in [0.1, 0.15) is 29.3 Å². The molecule has 0 unspecified atom stereocenters. The molecule has 0 aliphatic carbocycles. The summed E-state index contributed by atoms with van der Waals surface area (Å²) in [5, 5.41) is 20.9. The van der Waals surface area contributed by atoms with Gasteiger partial charge in [-0.25, -0.2) is 24.3 Å². The maximum atomic E-state index is 13.3. The number of hydrogen-bond acceptors (Lipinski definition) is 9. The summed E-state index contributed by atoms with van der Waals surface area (Å²) in [7, 11) is 0. The van der Waals surface area contributed by atoms with E-state index >= 15 is 0 Å². The van der Waals surface area contributed by atoms with E-state index < -0.39 is 0 Å². The number of hydrogen-bond donors (Lipinski definition) is 4. The summed E-state index contributed by atoms with van der Waals surface area (Å²) in [6, 6.07) is 22.0. The number of imidazole rings is 1. The molecule has 45 heavy (non-hydrogen) atoms. The van der Waals surface area contributed by atoms with Crippen molar-refractivity contribution < 1.29 is 4.39 Å². The second-order valence-electron chi connectivity index (χ2n) is 10.8. The number of pyridine rings is 1. The molecule has 10 nitrogen and oxygen atoms in total. The average Bonchev–Trinajstić information content (AvgIpc) is 3.49. The highest BCUT2D eigenvalue weighted by atomic mass is 19.1. The Balaban J connectivity index is 1.15. The van der Waals surface area contributed by atoms with Gasteiger partial charge in [-0.3, -0.25) is 4.90 Å². The van der Waals surface area contributed by atoms with Crippen LogP contribution in [-0.4, -0.2) is 54.7 Å². The van der Waals surface area contributed by atoms with E-state index in [1.54, 1.807) is 42.7 Å². The fraction of sp³-hybridized carbons (Fsp3) is 0.176. The minimum Gasteiger partial charge on any atom is -0.383 e. The van der Waals surface area contributed by atoms with Crippen LogP contribution in [0.15, 0.2) is 85.2 Å². The smallest absolute Gasteiger partial charge is 0.234 e. The van der Waals surface area contributed by atoms with Gasteiger partial charge in [-0.2, -0.15) is 5.26 Å². The predicted octanol–water partition coefficient (Wildman–Crippen LogP) is 5.68.